The minimum atomic E-state index is -0.504. The van der Waals surface area contributed by atoms with Crippen LogP contribution in [0.25, 0.3) is 0 Å². The van der Waals surface area contributed by atoms with Gasteiger partial charge in [-0.2, -0.15) is 4.39 Å². The number of hydrogen-bond acceptors (Lipinski definition) is 3. The topological polar surface area (TPSA) is 39.2 Å². The zero-order valence-corrected chi connectivity index (χ0v) is 9.21. The fraction of sp³-hybridized carbons (Fsp3) is 0.333. The summed E-state index contributed by atoms with van der Waals surface area (Å²) in [5.74, 6) is 4.50. The molecular weight excluding hydrogens is 209 g/mol. The monoisotopic (exact) mass is 221 g/mol. The van der Waals surface area contributed by atoms with E-state index in [1.807, 2.05) is 0 Å². The number of carbonyl (C=O) groups excluding carboxylic acids is 1. The van der Waals surface area contributed by atoms with Crippen LogP contribution in [0.15, 0.2) is 12.3 Å². The molecule has 1 heterocycles. The predicted molar refractivity (Wildman–Crippen MR) is 57.1 cm³/mol. The van der Waals surface area contributed by atoms with Crippen LogP contribution in [0.2, 0.25) is 0 Å². The zero-order valence-electron chi connectivity index (χ0n) is 9.21. The standard InChI is InChI=1S/C12H12FNO2/c1-3-16-11(15)6-4-5-10-7-9(2)12(13)14-8-10/h7-8H,3,6H2,1-2H3. The first-order valence-electron chi connectivity index (χ1n) is 4.90. The average Bonchev–Trinajstić information content (AvgIpc) is 2.24. The van der Waals surface area contributed by atoms with E-state index in [0.717, 1.165) is 0 Å². The van der Waals surface area contributed by atoms with Crippen LogP contribution in [0, 0.1) is 24.7 Å². The first-order chi connectivity index (χ1) is 7.63. The van der Waals surface area contributed by atoms with Gasteiger partial charge in [0, 0.05) is 17.3 Å². The van der Waals surface area contributed by atoms with Crippen LogP contribution in [0.3, 0.4) is 0 Å². The SMILES string of the molecule is CCOC(=O)CC#Cc1cnc(F)c(C)c1. The molecule has 1 aromatic rings. The highest BCUT2D eigenvalue weighted by atomic mass is 19.1. The average molecular weight is 221 g/mol. The van der Waals surface area contributed by atoms with E-state index in [1.54, 1.807) is 19.9 Å². The molecule has 0 aliphatic heterocycles. The number of halogens is 1. The van der Waals surface area contributed by atoms with Crippen molar-refractivity contribution in [1.29, 1.82) is 0 Å². The summed E-state index contributed by atoms with van der Waals surface area (Å²) in [5, 5.41) is 0. The minimum absolute atomic E-state index is 0.0320. The fourth-order valence-corrected chi connectivity index (χ4v) is 1.06. The Labute approximate surface area is 93.6 Å². The number of esters is 1. The maximum absolute atomic E-state index is 12.8. The van der Waals surface area contributed by atoms with Gasteiger partial charge in [-0.15, -0.1) is 0 Å². The van der Waals surface area contributed by atoms with Gasteiger partial charge in [-0.3, -0.25) is 4.79 Å². The smallest absolute Gasteiger partial charge is 0.317 e. The zero-order chi connectivity index (χ0) is 12.0. The van der Waals surface area contributed by atoms with Gasteiger partial charge in [0.1, 0.15) is 6.42 Å². The Kier molecular flexibility index (Phi) is 4.46. The van der Waals surface area contributed by atoms with Crippen LogP contribution < -0.4 is 0 Å². The molecule has 0 saturated heterocycles. The van der Waals surface area contributed by atoms with E-state index in [9.17, 15) is 9.18 Å². The van der Waals surface area contributed by atoms with Gasteiger partial charge in [-0.05, 0) is 19.9 Å². The normalized spacial score (nSPS) is 9.19. The quantitative estimate of drug-likeness (QED) is 0.434. The van der Waals surface area contributed by atoms with Crippen molar-refractivity contribution in [1.82, 2.24) is 4.98 Å². The summed E-state index contributed by atoms with van der Waals surface area (Å²) in [6.07, 6.45) is 1.37. The van der Waals surface area contributed by atoms with Gasteiger partial charge in [0.25, 0.3) is 0 Å². The molecule has 0 amide bonds. The molecule has 84 valence electrons. The second-order valence-electron chi connectivity index (χ2n) is 3.12. The van der Waals surface area contributed by atoms with Gasteiger partial charge in [-0.1, -0.05) is 11.8 Å². The van der Waals surface area contributed by atoms with Crippen LogP contribution in [0.4, 0.5) is 4.39 Å². The van der Waals surface area contributed by atoms with Crippen molar-refractivity contribution in [2.24, 2.45) is 0 Å². The summed E-state index contributed by atoms with van der Waals surface area (Å²) in [6, 6.07) is 1.58. The molecule has 1 aromatic heterocycles. The number of pyridine rings is 1. The van der Waals surface area contributed by atoms with E-state index in [2.05, 4.69) is 16.8 Å². The summed E-state index contributed by atoms with van der Waals surface area (Å²) in [4.78, 5) is 14.5. The molecule has 0 unspecified atom stereocenters. The van der Waals surface area contributed by atoms with E-state index in [1.165, 1.54) is 6.20 Å². The lowest BCUT2D eigenvalue weighted by Crippen LogP contribution is -2.01. The van der Waals surface area contributed by atoms with Crippen LogP contribution in [0.5, 0.6) is 0 Å². The Bertz CT molecular complexity index is 446. The van der Waals surface area contributed by atoms with E-state index in [4.69, 9.17) is 4.74 Å². The fourth-order valence-electron chi connectivity index (χ4n) is 1.06. The second kappa shape index (κ2) is 5.86. The Balaban J connectivity index is 2.63. The third kappa shape index (κ3) is 3.70. The van der Waals surface area contributed by atoms with Gasteiger partial charge in [0.2, 0.25) is 5.95 Å². The van der Waals surface area contributed by atoms with Crippen molar-refractivity contribution < 1.29 is 13.9 Å². The molecular formula is C12H12FNO2. The number of ether oxygens (including phenoxy) is 1. The summed E-state index contributed by atoms with van der Waals surface area (Å²) >= 11 is 0. The van der Waals surface area contributed by atoms with Crippen molar-refractivity contribution in [2.75, 3.05) is 6.61 Å². The van der Waals surface area contributed by atoms with E-state index in [-0.39, 0.29) is 12.4 Å². The van der Waals surface area contributed by atoms with E-state index >= 15 is 0 Å². The van der Waals surface area contributed by atoms with E-state index in [0.29, 0.717) is 17.7 Å². The highest BCUT2D eigenvalue weighted by molar-refractivity contribution is 5.72. The Morgan fingerprint density at radius 1 is 1.62 bits per heavy atom. The number of aromatic nitrogens is 1. The van der Waals surface area contributed by atoms with Crippen LogP contribution in [-0.4, -0.2) is 17.6 Å². The molecule has 0 radical (unpaired) electrons. The molecule has 0 N–H and O–H groups in total. The maximum Gasteiger partial charge on any atom is 0.317 e. The Morgan fingerprint density at radius 2 is 2.38 bits per heavy atom. The summed E-state index contributed by atoms with van der Waals surface area (Å²) in [7, 11) is 0. The molecule has 0 saturated carbocycles. The summed E-state index contributed by atoms with van der Waals surface area (Å²) in [5.41, 5.74) is 1.02. The van der Waals surface area contributed by atoms with Gasteiger partial charge in [0.05, 0.1) is 6.61 Å². The molecule has 0 aliphatic carbocycles. The molecule has 0 aliphatic rings. The lowest BCUT2D eigenvalue weighted by atomic mass is 10.2. The Morgan fingerprint density at radius 3 is 3.00 bits per heavy atom. The van der Waals surface area contributed by atoms with Gasteiger partial charge < -0.3 is 4.74 Å². The van der Waals surface area contributed by atoms with Crippen molar-refractivity contribution in [3.8, 4) is 11.8 Å². The minimum Gasteiger partial charge on any atom is -0.465 e. The van der Waals surface area contributed by atoms with Crippen molar-refractivity contribution >= 4 is 5.97 Å². The number of nitrogens with zero attached hydrogens (tertiary/aromatic N) is 1. The molecule has 0 atom stereocenters. The van der Waals surface area contributed by atoms with Gasteiger partial charge >= 0.3 is 5.97 Å². The van der Waals surface area contributed by atoms with Crippen LogP contribution in [-0.2, 0) is 9.53 Å². The molecule has 3 nitrogen and oxygen atoms in total. The molecule has 0 fully saturated rings. The largest absolute Gasteiger partial charge is 0.465 e. The number of carbonyl (C=O) groups is 1. The maximum atomic E-state index is 12.8. The lowest BCUT2D eigenvalue weighted by molar-refractivity contribution is -0.141. The molecule has 1 rings (SSSR count). The second-order valence-corrected chi connectivity index (χ2v) is 3.12. The van der Waals surface area contributed by atoms with Crippen molar-refractivity contribution in [2.45, 2.75) is 20.3 Å². The number of hydrogen-bond donors (Lipinski definition) is 0. The van der Waals surface area contributed by atoms with Gasteiger partial charge in [-0.25, -0.2) is 4.98 Å². The van der Waals surface area contributed by atoms with Crippen LogP contribution in [0.1, 0.15) is 24.5 Å². The third-order valence-electron chi connectivity index (χ3n) is 1.79. The molecule has 0 aromatic carbocycles. The predicted octanol–water partition coefficient (Wildman–Crippen LogP) is 1.83. The molecule has 4 heteroatoms. The summed E-state index contributed by atoms with van der Waals surface area (Å²) < 4.78 is 17.5. The van der Waals surface area contributed by atoms with Crippen LogP contribution >= 0.6 is 0 Å². The molecule has 0 spiro atoms. The first kappa shape index (κ1) is 12.2. The highest BCUT2D eigenvalue weighted by Crippen LogP contribution is 2.04. The molecule has 0 bridgehead atoms. The van der Waals surface area contributed by atoms with Gasteiger partial charge in [0.15, 0.2) is 0 Å². The highest BCUT2D eigenvalue weighted by Gasteiger charge is 1.99. The lowest BCUT2D eigenvalue weighted by Gasteiger charge is -1.96. The van der Waals surface area contributed by atoms with Crippen molar-refractivity contribution in [3.63, 3.8) is 0 Å². The van der Waals surface area contributed by atoms with Crippen molar-refractivity contribution in [3.05, 3.63) is 29.3 Å². The number of aryl methyl sites for hydroxylation is 1. The summed E-state index contributed by atoms with van der Waals surface area (Å²) in [6.45, 7) is 3.69. The molecule has 16 heavy (non-hydrogen) atoms. The number of rotatable bonds is 2. The van der Waals surface area contributed by atoms with E-state index < -0.39 is 5.95 Å². The first-order valence-corrected chi connectivity index (χ1v) is 4.90. The Hall–Kier alpha value is -1.89. The third-order valence-corrected chi connectivity index (χ3v) is 1.79.